The highest BCUT2D eigenvalue weighted by Crippen LogP contribution is 2.20. The molecule has 0 saturated carbocycles. The summed E-state index contributed by atoms with van der Waals surface area (Å²) in [5.41, 5.74) is 1.01. The van der Waals surface area contributed by atoms with E-state index in [2.05, 4.69) is 10.3 Å². The quantitative estimate of drug-likeness (QED) is 0.853. The maximum Gasteiger partial charge on any atom is 0.220 e. The van der Waals surface area contributed by atoms with E-state index in [-0.39, 0.29) is 12.0 Å². The first kappa shape index (κ1) is 15.7. The van der Waals surface area contributed by atoms with E-state index in [9.17, 15) is 4.79 Å². The predicted octanol–water partition coefficient (Wildman–Crippen LogP) is 2.96. The molecule has 1 saturated heterocycles. The molecule has 0 bridgehead atoms. The molecule has 5 heteroatoms. The number of hydrogen-bond donors (Lipinski definition) is 1. The van der Waals surface area contributed by atoms with Crippen LogP contribution in [-0.4, -0.2) is 30.1 Å². The van der Waals surface area contributed by atoms with E-state index in [0.29, 0.717) is 25.3 Å². The SMILES string of the molecule is O=C(CCCc1ncc(-c2ccccc2)o1)NCC1CCCO1. The van der Waals surface area contributed by atoms with Crippen LogP contribution >= 0.6 is 0 Å². The van der Waals surface area contributed by atoms with Crippen molar-refractivity contribution in [3.8, 4) is 11.3 Å². The van der Waals surface area contributed by atoms with E-state index in [1.807, 2.05) is 30.3 Å². The summed E-state index contributed by atoms with van der Waals surface area (Å²) < 4.78 is 11.2. The van der Waals surface area contributed by atoms with Gasteiger partial charge in [0, 0.05) is 31.6 Å². The summed E-state index contributed by atoms with van der Waals surface area (Å²) >= 11 is 0. The van der Waals surface area contributed by atoms with Crippen LogP contribution in [0, 0.1) is 0 Å². The van der Waals surface area contributed by atoms with Crippen molar-refractivity contribution in [3.05, 3.63) is 42.4 Å². The fourth-order valence-corrected chi connectivity index (χ4v) is 2.68. The molecule has 1 fully saturated rings. The van der Waals surface area contributed by atoms with Gasteiger partial charge in [-0.3, -0.25) is 4.79 Å². The molecular weight excluding hydrogens is 292 g/mol. The lowest BCUT2D eigenvalue weighted by Crippen LogP contribution is -2.31. The van der Waals surface area contributed by atoms with Crippen molar-refractivity contribution < 1.29 is 13.9 Å². The molecule has 0 aliphatic carbocycles. The Bertz CT molecular complexity index is 618. The van der Waals surface area contributed by atoms with E-state index < -0.39 is 0 Å². The Hall–Kier alpha value is -2.14. The number of nitrogens with one attached hydrogen (secondary N) is 1. The minimum Gasteiger partial charge on any atom is -0.441 e. The number of benzene rings is 1. The van der Waals surface area contributed by atoms with Crippen LogP contribution in [0.3, 0.4) is 0 Å². The molecular formula is C18H22N2O3. The number of hydrogen-bond acceptors (Lipinski definition) is 4. The Morgan fingerprint density at radius 3 is 2.96 bits per heavy atom. The zero-order valence-electron chi connectivity index (χ0n) is 13.2. The minimum atomic E-state index is 0.0651. The Balaban J connectivity index is 1.39. The van der Waals surface area contributed by atoms with Crippen LogP contribution in [0.25, 0.3) is 11.3 Å². The monoisotopic (exact) mass is 314 g/mol. The van der Waals surface area contributed by atoms with Gasteiger partial charge >= 0.3 is 0 Å². The molecule has 5 nitrogen and oxygen atoms in total. The Morgan fingerprint density at radius 1 is 1.30 bits per heavy atom. The largest absolute Gasteiger partial charge is 0.441 e. The van der Waals surface area contributed by atoms with Crippen molar-refractivity contribution in [2.24, 2.45) is 0 Å². The second kappa shape index (κ2) is 7.92. The summed E-state index contributed by atoms with van der Waals surface area (Å²) in [5.74, 6) is 1.51. The minimum absolute atomic E-state index is 0.0651. The summed E-state index contributed by atoms with van der Waals surface area (Å²) in [4.78, 5) is 16.1. The first-order valence-electron chi connectivity index (χ1n) is 8.20. The van der Waals surface area contributed by atoms with Gasteiger partial charge in [-0.2, -0.15) is 0 Å². The van der Waals surface area contributed by atoms with Gasteiger partial charge in [-0.25, -0.2) is 4.98 Å². The van der Waals surface area contributed by atoms with E-state index in [4.69, 9.17) is 9.15 Å². The number of carbonyl (C=O) groups excluding carboxylic acids is 1. The van der Waals surface area contributed by atoms with Gasteiger partial charge in [0.05, 0.1) is 12.3 Å². The lowest BCUT2D eigenvalue weighted by atomic mass is 10.2. The topological polar surface area (TPSA) is 64.4 Å². The van der Waals surface area contributed by atoms with Crippen LogP contribution in [-0.2, 0) is 16.0 Å². The third-order valence-electron chi connectivity index (χ3n) is 3.96. The zero-order valence-corrected chi connectivity index (χ0v) is 13.2. The summed E-state index contributed by atoms with van der Waals surface area (Å²) in [7, 11) is 0. The predicted molar refractivity (Wildman–Crippen MR) is 86.9 cm³/mol. The van der Waals surface area contributed by atoms with E-state index in [0.717, 1.165) is 37.2 Å². The Labute approximate surface area is 136 Å². The van der Waals surface area contributed by atoms with Crippen molar-refractivity contribution in [2.75, 3.05) is 13.2 Å². The van der Waals surface area contributed by atoms with Crippen LogP contribution in [0.4, 0.5) is 0 Å². The summed E-state index contributed by atoms with van der Waals surface area (Å²) in [6.07, 6.45) is 5.94. The molecule has 1 aromatic heterocycles. The molecule has 1 amide bonds. The molecule has 1 aliphatic rings. The van der Waals surface area contributed by atoms with Gasteiger partial charge in [-0.15, -0.1) is 0 Å². The smallest absolute Gasteiger partial charge is 0.220 e. The van der Waals surface area contributed by atoms with Crippen molar-refractivity contribution in [1.29, 1.82) is 0 Å². The third kappa shape index (κ3) is 4.66. The Kier molecular flexibility index (Phi) is 5.42. The van der Waals surface area contributed by atoms with Crippen molar-refractivity contribution >= 4 is 5.91 Å². The normalized spacial score (nSPS) is 17.3. The molecule has 0 spiro atoms. The highest BCUT2D eigenvalue weighted by molar-refractivity contribution is 5.75. The van der Waals surface area contributed by atoms with Gasteiger partial charge in [-0.1, -0.05) is 30.3 Å². The third-order valence-corrected chi connectivity index (χ3v) is 3.96. The molecule has 1 N–H and O–H groups in total. The van der Waals surface area contributed by atoms with Gasteiger partial charge in [-0.05, 0) is 19.3 Å². The van der Waals surface area contributed by atoms with Crippen LogP contribution < -0.4 is 5.32 Å². The van der Waals surface area contributed by atoms with E-state index >= 15 is 0 Å². The Morgan fingerprint density at radius 2 is 2.17 bits per heavy atom. The number of oxazole rings is 1. The number of nitrogens with zero attached hydrogens (tertiary/aromatic N) is 1. The lowest BCUT2D eigenvalue weighted by molar-refractivity contribution is -0.121. The van der Waals surface area contributed by atoms with E-state index in [1.54, 1.807) is 6.20 Å². The van der Waals surface area contributed by atoms with Gasteiger partial charge in [0.15, 0.2) is 11.7 Å². The average molecular weight is 314 g/mol. The summed E-state index contributed by atoms with van der Waals surface area (Å²) in [6, 6.07) is 9.88. The summed E-state index contributed by atoms with van der Waals surface area (Å²) in [6.45, 7) is 1.43. The second-order valence-corrected chi connectivity index (χ2v) is 5.78. The number of aryl methyl sites for hydroxylation is 1. The van der Waals surface area contributed by atoms with Crippen LogP contribution in [0.15, 0.2) is 40.9 Å². The first-order valence-corrected chi connectivity index (χ1v) is 8.20. The van der Waals surface area contributed by atoms with Crippen LogP contribution in [0.1, 0.15) is 31.6 Å². The maximum absolute atomic E-state index is 11.8. The fourth-order valence-electron chi connectivity index (χ4n) is 2.68. The highest BCUT2D eigenvalue weighted by Gasteiger charge is 2.16. The summed E-state index contributed by atoms with van der Waals surface area (Å²) in [5, 5.41) is 2.93. The zero-order chi connectivity index (χ0) is 15.9. The molecule has 1 unspecified atom stereocenters. The van der Waals surface area contributed by atoms with Gasteiger partial charge in [0.25, 0.3) is 0 Å². The van der Waals surface area contributed by atoms with Gasteiger partial charge in [0.2, 0.25) is 5.91 Å². The average Bonchev–Trinajstić information content (AvgIpc) is 3.26. The molecule has 2 aromatic rings. The standard InChI is InChI=1S/C18H22N2O3/c21-17(19-12-15-8-5-11-22-15)9-4-10-18-20-13-16(23-18)14-6-2-1-3-7-14/h1-3,6-7,13,15H,4-5,8-12H2,(H,19,21). The fraction of sp³-hybridized carbons (Fsp3) is 0.444. The first-order chi connectivity index (χ1) is 11.3. The van der Waals surface area contributed by atoms with Gasteiger partial charge in [0.1, 0.15) is 0 Å². The van der Waals surface area contributed by atoms with Crippen LogP contribution in [0.2, 0.25) is 0 Å². The molecule has 2 heterocycles. The molecule has 1 aromatic carbocycles. The number of carbonyl (C=O) groups is 1. The number of rotatable bonds is 7. The lowest BCUT2D eigenvalue weighted by Gasteiger charge is -2.10. The van der Waals surface area contributed by atoms with Crippen molar-refractivity contribution in [3.63, 3.8) is 0 Å². The number of ether oxygens (including phenoxy) is 1. The molecule has 1 aliphatic heterocycles. The molecule has 122 valence electrons. The van der Waals surface area contributed by atoms with Gasteiger partial charge < -0.3 is 14.5 Å². The molecule has 1 atom stereocenters. The maximum atomic E-state index is 11.8. The molecule has 23 heavy (non-hydrogen) atoms. The van der Waals surface area contributed by atoms with Crippen molar-refractivity contribution in [2.45, 2.75) is 38.2 Å². The van der Waals surface area contributed by atoms with Crippen LogP contribution in [0.5, 0.6) is 0 Å². The number of amides is 1. The second-order valence-electron chi connectivity index (χ2n) is 5.78. The highest BCUT2D eigenvalue weighted by atomic mass is 16.5. The molecule has 0 radical (unpaired) electrons. The number of aromatic nitrogens is 1. The van der Waals surface area contributed by atoms with Crippen molar-refractivity contribution in [1.82, 2.24) is 10.3 Å². The molecule has 3 rings (SSSR count). The van der Waals surface area contributed by atoms with E-state index in [1.165, 1.54) is 0 Å².